The molecule has 0 saturated heterocycles. The lowest BCUT2D eigenvalue weighted by atomic mass is 9.37. The number of benzene rings is 2. The first-order chi connectivity index (χ1) is 22.3. The van der Waals surface area contributed by atoms with Crippen molar-refractivity contribution in [2.24, 2.45) is 22.2 Å². The van der Waals surface area contributed by atoms with E-state index in [0.717, 1.165) is 24.8 Å². The Kier molecular flexibility index (Phi) is 8.88. The van der Waals surface area contributed by atoms with Gasteiger partial charge in [-0.1, -0.05) is 155 Å². The Morgan fingerprint density at radius 2 is 1.39 bits per heavy atom. The second-order valence-electron chi connectivity index (χ2n) is 19.2. The first-order valence-electron chi connectivity index (χ1n) is 18.7. The van der Waals surface area contributed by atoms with Crippen molar-refractivity contribution in [2.45, 2.75) is 140 Å². The van der Waals surface area contributed by atoms with Gasteiger partial charge in [0.15, 0.2) is 0 Å². The highest BCUT2D eigenvalue weighted by atomic mass is 14.7. The van der Waals surface area contributed by atoms with E-state index in [4.69, 9.17) is 13.2 Å². The third-order valence-electron chi connectivity index (χ3n) is 14.3. The minimum Gasteiger partial charge on any atom is -0.0992 e. The molecule has 5 rings (SSSR count). The van der Waals surface area contributed by atoms with E-state index in [1.165, 1.54) is 78.0 Å². The molecular formula is C49H66. The molecule has 0 heterocycles. The van der Waals surface area contributed by atoms with Gasteiger partial charge in [0.2, 0.25) is 0 Å². The number of rotatable bonds is 5. The number of hydrogen-bond acceptors (Lipinski definition) is 0. The predicted octanol–water partition coefficient (Wildman–Crippen LogP) is 13.9. The fraction of sp³-hybridized carbons (Fsp3) is 0.510. The van der Waals surface area contributed by atoms with Crippen molar-refractivity contribution in [3.63, 3.8) is 0 Å². The minimum absolute atomic E-state index is 0.0331. The summed E-state index contributed by atoms with van der Waals surface area (Å²) in [7, 11) is 0. The zero-order chi connectivity index (χ0) is 37.0. The summed E-state index contributed by atoms with van der Waals surface area (Å²) in [4.78, 5) is 0. The van der Waals surface area contributed by atoms with Gasteiger partial charge in [0.05, 0.1) is 0 Å². The normalized spacial score (nSPS) is 28.7. The summed E-state index contributed by atoms with van der Waals surface area (Å²) in [5, 5.41) is 0. The molecule has 0 aromatic heterocycles. The van der Waals surface area contributed by atoms with E-state index in [1.807, 2.05) is 0 Å². The lowest BCUT2D eigenvalue weighted by Gasteiger charge is -2.67. The Bertz CT molecular complexity index is 1830. The molecule has 0 aliphatic heterocycles. The summed E-state index contributed by atoms with van der Waals surface area (Å²) in [5.41, 5.74) is 20.2. The van der Waals surface area contributed by atoms with Gasteiger partial charge in [0, 0.05) is 10.8 Å². The molecule has 3 aliphatic rings. The Labute approximate surface area is 301 Å². The Morgan fingerprint density at radius 1 is 0.837 bits per heavy atom. The largest absolute Gasteiger partial charge is 0.0992 e. The molecule has 0 heteroatoms. The second kappa shape index (κ2) is 11.7. The van der Waals surface area contributed by atoms with Crippen molar-refractivity contribution in [3.05, 3.63) is 135 Å². The van der Waals surface area contributed by atoms with Crippen LogP contribution in [0.4, 0.5) is 0 Å². The SMILES string of the molecule is C=C(Cc1cc(C(C)(C)C)cc(C(C)(C)C)c1)Cc1ccc2c(c1C)C(=C)C1=C(C)[C@@]3(C)C(=C)C(C(=C)C)=C(C)C[C@@]3(C)[C@H](C)[C@@]1(C)[C@@H]2C. The molecule has 5 atom stereocenters. The van der Waals surface area contributed by atoms with Crippen LogP contribution in [0.5, 0.6) is 0 Å². The number of hydrogen-bond donors (Lipinski definition) is 0. The van der Waals surface area contributed by atoms with Crippen molar-refractivity contribution in [1.29, 1.82) is 0 Å². The van der Waals surface area contributed by atoms with E-state index in [1.54, 1.807) is 0 Å². The summed E-state index contributed by atoms with van der Waals surface area (Å²) in [6, 6.07) is 12.1. The Balaban J connectivity index is 1.58. The summed E-state index contributed by atoms with van der Waals surface area (Å²) < 4.78 is 0. The van der Waals surface area contributed by atoms with Crippen LogP contribution in [-0.4, -0.2) is 0 Å². The van der Waals surface area contributed by atoms with Crippen molar-refractivity contribution < 1.29 is 0 Å². The number of fused-ring (bicyclic) bond motifs is 3. The van der Waals surface area contributed by atoms with Gasteiger partial charge in [-0.25, -0.2) is 0 Å². The fourth-order valence-electron chi connectivity index (χ4n) is 10.7. The number of allylic oxidation sites excluding steroid dienone is 8. The van der Waals surface area contributed by atoms with E-state index in [2.05, 4.69) is 147 Å². The summed E-state index contributed by atoms with van der Waals surface area (Å²) in [6.07, 6.45) is 2.82. The van der Waals surface area contributed by atoms with Gasteiger partial charge in [0.25, 0.3) is 0 Å². The van der Waals surface area contributed by atoms with Crippen LogP contribution in [0.1, 0.15) is 148 Å². The molecule has 262 valence electrons. The zero-order valence-corrected chi connectivity index (χ0v) is 34.0. The third-order valence-corrected chi connectivity index (χ3v) is 14.3. The molecule has 2 aromatic carbocycles. The van der Waals surface area contributed by atoms with Crippen molar-refractivity contribution in [3.8, 4) is 0 Å². The van der Waals surface area contributed by atoms with Gasteiger partial charge in [-0.2, -0.15) is 0 Å². The van der Waals surface area contributed by atoms with Crippen LogP contribution in [0.25, 0.3) is 5.57 Å². The van der Waals surface area contributed by atoms with Crippen molar-refractivity contribution in [1.82, 2.24) is 0 Å². The smallest absolute Gasteiger partial charge is 0.0196 e. The third kappa shape index (κ3) is 5.38. The molecule has 0 fully saturated rings. The molecule has 0 N–H and O–H groups in total. The topological polar surface area (TPSA) is 0 Å². The van der Waals surface area contributed by atoms with Crippen LogP contribution in [0.3, 0.4) is 0 Å². The molecule has 0 nitrogen and oxygen atoms in total. The molecule has 0 saturated carbocycles. The minimum atomic E-state index is -0.178. The molecule has 0 amide bonds. The first kappa shape index (κ1) is 37.1. The van der Waals surface area contributed by atoms with Crippen LogP contribution in [0.2, 0.25) is 0 Å². The molecule has 49 heavy (non-hydrogen) atoms. The average molecular weight is 655 g/mol. The van der Waals surface area contributed by atoms with Gasteiger partial charge in [-0.05, 0) is 136 Å². The summed E-state index contributed by atoms with van der Waals surface area (Å²) in [5.74, 6) is 0.782. The lowest BCUT2D eigenvalue weighted by molar-refractivity contribution is -0.0260. The van der Waals surface area contributed by atoms with E-state index >= 15 is 0 Å². The monoisotopic (exact) mass is 655 g/mol. The van der Waals surface area contributed by atoms with E-state index in [-0.39, 0.29) is 27.1 Å². The van der Waals surface area contributed by atoms with Gasteiger partial charge < -0.3 is 0 Å². The molecule has 0 bridgehead atoms. The van der Waals surface area contributed by atoms with Crippen molar-refractivity contribution in [2.75, 3.05) is 0 Å². The highest BCUT2D eigenvalue weighted by molar-refractivity contribution is 5.88. The lowest BCUT2D eigenvalue weighted by Crippen LogP contribution is -2.58. The summed E-state index contributed by atoms with van der Waals surface area (Å²) >= 11 is 0. The molecular weight excluding hydrogens is 589 g/mol. The van der Waals surface area contributed by atoms with Crippen LogP contribution in [-0.2, 0) is 23.7 Å². The van der Waals surface area contributed by atoms with E-state index in [9.17, 15) is 0 Å². The maximum atomic E-state index is 4.96. The van der Waals surface area contributed by atoms with Crippen LogP contribution < -0.4 is 0 Å². The fourth-order valence-corrected chi connectivity index (χ4v) is 10.7. The van der Waals surface area contributed by atoms with Crippen molar-refractivity contribution >= 4 is 5.57 Å². The average Bonchev–Trinajstić information content (AvgIpc) is 2.97. The molecule has 3 aliphatic carbocycles. The van der Waals surface area contributed by atoms with Gasteiger partial charge in [0.1, 0.15) is 0 Å². The Morgan fingerprint density at radius 3 is 1.90 bits per heavy atom. The first-order valence-corrected chi connectivity index (χ1v) is 18.7. The maximum absolute atomic E-state index is 4.96. The molecule has 0 spiro atoms. The highest BCUT2D eigenvalue weighted by Gasteiger charge is 2.65. The molecule has 0 radical (unpaired) electrons. The van der Waals surface area contributed by atoms with Gasteiger partial charge in [-0.3, -0.25) is 0 Å². The van der Waals surface area contributed by atoms with Crippen LogP contribution in [0.15, 0.2) is 95.7 Å². The molecule has 2 aromatic rings. The van der Waals surface area contributed by atoms with Crippen LogP contribution in [0, 0.1) is 29.1 Å². The van der Waals surface area contributed by atoms with Gasteiger partial charge in [-0.15, -0.1) is 0 Å². The highest BCUT2D eigenvalue weighted by Crippen LogP contribution is 2.74. The molecule has 0 unspecified atom stereocenters. The van der Waals surface area contributed by atoms with Crippen LogP contribution >= 0.6 is 0 Å². The standard InChI is InChI=1S/C49H66/c1-28(2)42-30(4)27-47(17)36(10)48(18)33(7)41-21-20-38(31(5)43(41)32(6)44(48)35(9)49(47,19)34(42)8)23-29(3)22-37-24-39(45(11,12)13)26-40(25-37)46(14,15)16/h20-21,24-26,33,36H,1,3,6,8,22-23,27H2,2,4-5,7,9-19H3/t33-,36+,47+,48-,49-/m1/s1. The zero-order valence-electron chi connectivity index (χ0n) is 34.0. The second-order valence-corrected chi connectivity index (χ2v) is 19.2. The van der Waals surface area contributed by atoms with E-state index < -0.39 is 0 Å². The quantitative estimate of drug-likeness (QED) is 0.281. The Hall–Kier alpha value is -3.12. The van der Waals surface area contributed by atoms with Gasteiger partial charge >= 0.3 is 0 Å². The van der Waals surface area contributed by atoms with E-state index in [0.29, 0.717) is 11.8 Å². The predicted molar refractivity (Wildman–Crippen MR) is 216 cm³/mol. The summed E-state index contributed by atoms with van der Waals surface area (Å²) in [6.45, 7) is 54.5. The maximum Gasteiger partial charge on any atom is 0.0196 e.